The lowest BCUT2D eigenvalue weighted by Crippen LogP contribution is -2.22. The molecule has 1 unspecified atom stereocenters. The summed E-state index contributed by atoms with van der Waals surface area (Å²) in [6.07, 6.45) is 0.623. The van der Waals surface area contributed by atoms with Crippen LogP contribution in [0.5, 0.6) is 5.88 Å². The predicted molar refractivity (Wildman–Crippen MR) is 96.4 cm³/mol. The lowest BCUT2D eigenvalue weighted by Gasteiger charge is -2.15. The molecule has 0 radical (unpaired) electrons. The number of nitrogens with zero attached hydrogens (tertiary/aromatic N) is 3. The van der Waals surface area contributed by atoms with Gasteiger partial charge in [0.25, 0.3) is 5.88 Å². The minimum absolute atomic E-state index is 0.143. The summed E-state index contributed by atoms with van der Waals surface area (Å²) in [5, 5.41) is 5.13. The van der Waals surface area contributed by atoms with E-state index in [-0.39, 0.29) is 6.10 Å². The zero-order chi connectivity index (χ0) is 18.0. The van der Waals surface area contributed by atoms with Crippen LogP contribution in [-0.2, 0) is 4.74 Å². The first-order chi connectivity index (χ1) is 12.0. The maximum Gasteiger partial charge on any atom is 0.265 e. The largest absolute Gasteiger partial charge is 0.469 e. The first-order valence-corrected chi connectivity index (χ1v) is 8.54. The second-order valence-electron chi connectivity index (χ2n) is 5.51. The zero-order valence-electron chi connectivity index (χ0n) is 14.0. The summed E-state index contributed by atoms with van der Waals surface area (Å²) in [6.45, 7) is 4.24. The summed E-state index contributed by atoms with van der Waals surface area (Å²) in [5.41, 5.74) is 2.12. The molecule has 3 aromatic rings. The third kappa shape index (κ3) is 3.71. The number of halogens is 2. The number of fused-ring (bicyclic) bond motifs is 1. The van der Waals surface area contributed by atoms with E-state index in [2.05, 4.69) is 15.1 Å². The highest BCUT2D eigenvalue weighted by Crippen LogP contribution is 2.36. The van der Waals surface area contributed by atoms with Crippen LogP contribution in [0.15, 0.2) is 22.7 Å². The fourth-order valence-electron chi connectivity index (χ4n) is 2.43. The number of rotatable bonds is 6. The maximum atomic E-state index is 6.29. The molecular weight excluding hydrogens is 365 g/mol. The molecule has 0 fully saturated rings. The van der Waals surface area contributed by atoms with Gasteiger partial charge in [-0.15, -0.1) is 0 Å². The Kier molecular flexibility index (Phi) is 5.42. The smallest absolute Gasteiger partial charge is 0.265 e. The second-order valence-corrected chi connectivity index (χ2v) is 6.36. The number of hydrogen-bond acceptors (Lipinski definition) is 6. The molecule has 0 bridgehead atoms. The van der Waals surface area contributed by atoms with Crippen molar-refractivity contribution in [1.29, 1.82) is 0 Å². The van der Waals surface area contributed by atoms with Crippen LogP contribution in [0.1, 0.15) is 19.2 Å². The van der Waals surface area contributed by atoms with E-state index in [0.717, 1.165) is 6.42 Å². The van der Waals surface area contributed by atoms with E-state index >= 15 is 0 Å². The summed E-state index contributed by atoms with van der Waals surface area (Å²) >= 11 is 12.3. The lowest BCUT2D eigenvalue weighted by molar-refractivity contribution is 0.0756. The molecule has 132 valence electrons. The average molecular weight is 382 g/mol. The third-order valence-corrected chi connectivity index (χ3v) is 4.22. The van der Waals surface area contributed by atoms with E-state index in [1.165, 1.54) is 0 Å². The number of ether oxygens (including phenoxy) is 2. The normalized spacial score (nSPS) is 12.5. The monoisotopic (exact) mass is 381 g/mol. The molecule has 0 amide bonds. The molecule has 0 saturated heterocycles. The maximum absolute atomic E-state index is 6.29. The van der Waals surface area contributed by atoms with Gasteiger partial charge in [0.1, 0.15) is 23.1 Å². The van der Waals surface area contributed by atoms with Crippen LogP contribution in [0.25, 0.3) is 22.4 Å². The van der Waals surface area contributed by atoms with Crippen LogP contribution >= 0.6 is 23.2 Å². The van der Waals surface area contributed by atoms with E-state index in [1.54, 1.807) is 32.2 Å². The van der Waals surface area contributed by atoms with Crippen molar-refractivity contribution in [2.75, 3.05) is 13.7 Å². The summed E-state index contributed by atoms with van der Waals surface area (Å²) < 4.78 is 16.6. The molecule has 0 N–H and O–H groups in total. The van der Waals surface area contributed by atoms with Gasteiger partial charge < -0.3 is 14.0 Å². The van der Waals surface area contributed by atoms with Gasteiger partial charge in [-0.05, 0) is 31.5 Å². The minimum atomic E-state index is -0.143. The van der Waals surface area contributed by atoms with Crippen molar-refractivity contribution in [2.24, 2.45) is 0 Å². The molecule has 8 heteroatoms. The van der Waals surface area contributed by atoms with Gasteiger partial charge in [0, 0.05) is 17.7 Å². The van der Waals surface area contributed by atoms with E-state index < -0.39 is 0 Å². The molecule has 1 atom stereocenters. The summed E-state index contributed by atoms with van der Waals surface area (Å²) in [6, 6.07) is 5.16. The first kappa shape index (κ1) is 17.9. The van der Waals surface area contributed by atoms with E-state index in [0.29, 0.717) is 50.7 Å². The van der Waals surface area contributed by atoms with Crippen LogP contribution in [0, 0.1) is 6.92 Å². The number of methoxy groups -OCH3 is 1. The first-order valence-electron chi connectivity index (χ1n) is 7.78. The van der Waals surface area contributed by atoms with Gasteiger partial charge in [-0.25, -0.2) is 4.98 Å². The van der Waals surface area contributed by atoms with Crippen molar-refractivity contribution in [3.8, 4) is 17.1 Å². The Morgan fingerprint density at radius 3 is 2.72 bits per heavy atom. The average Bonchev–Trinajstić information content (AvgIpc) is 2.98. The summed E-state index contributed by atoms with van der Waals surface area (Å²) in [5.74, 6) is 0.888. The van der Waals surface area contributed by atoms with Crippen LogP contribution in [-0.4, -0.2) is 34.9 Å². The Balaban J connectivity index is 2.09. The van der Waals surface area contributed by atoms with Crippen molar-refractivity contribution in [2.45, 2.75) is 26.4 Å². The van der Waals surface area contributed by atoms with Crippen molar-refractivity contribution >= 4 is 34.3 Å². The Morgan fingerprint density at radius 1 is 1.24 bits per heavy atom. The van der Waals surface area contributed by atoms with Gasteiger partial charge >= 0.3 is 0 Å². The van der Waals surface area contributed by atoms with Gasteiger partial charge in [0.05, 0.1) is 11.6 Å². The molecule has 1 aromatic carbocycles. The molecule has 0 aliphatic rings. The SMILES string of the molecule is CCC(COC)Oc1nc(C)nc2c(-c3ccc(Cl)cc3Cl)noc12. The van der Waals surface area contributed by atoms with Gasteiger partial charge in [-0.2, -0.15) is 4.98 Å². The molecule has 0 aliphatic carbocycles. The molecule has 2 aromatic heterocycles. The van der Waals surface area contributed by atoms with E-state index in [4.69, 9.17) is 37.2 Å². The number of aryl methyl sites for hydroxylation is 1. The lowest BCUT2D eigenvalue weighted by atomic mass is 10.1. The highest BCUT2D eigenvalue weighted by Gasteiger charge is 2.22. The molecule has 25 heavy (non-hydrogen) atoms. The molecular formula is C17H17Cl2N3O3. The van der Waals surface area contributed by atoms with Crippen LogP contribution in [0.3, 0.4) is 0 Å². The standard InChI is InChI=1S/C17H17Cl2N3O3/c1-4-11(8-23-3)24-17-16-15(20-9(2)21-17)14(22-25-16)12-6-5-10(18)7-13(12)19/h5-7,11H,4,8H2,1-3H3. The summed E-state index contributed by atoms with van der Waals surface area (Å²) in [7, 11) is 1.63. The fraction of sp³-hybridized carbons (Fsp3) is 0.353. The van der Waals surface area contributed by atoms with Crippen molar-refractivity contribution < 1.29 is 14.0 Å². The minimum Gasteiger partial charge on any atom is -0.469 e. The quantitative estimate of drug-likeness (QED) is 0.615. The Labute approximate surface area is 155 Å². The van der Waals surface area contributed by atoms with Gasteiger partial charge in [0.15, 0.2) is 0 Å². The topological polar surface area (TPSA) is 70.3 Å². The molecule has 2 heterocycles. The van der Waals surface area contributed by atoms with Gasteiger partial charge in [0.2, 0.25) is 5.58 Å². The molecule has 6 nitrogen and oxygen atoms in total. The van der Waals surface area contributed by atoms with Crippen LogP contribution in [0.2, 0.25) is 10.0 Å². The van der Waals surface area contributed by atoms with Crippen LogP contribution in [0.4, 0.5) is 0 Å². The molecule has 0 aliphatic heterocycles. The number of aromatic nitrogens is 3. The Hall–Kier alpha value is -1.89. The number of hydrogen-bond donors (Lipinski definition) is 0. The Bertz CT molecular complexity index is 898. The van der Waals surface area contributed by atoms with Crippen molar-refractivity contribution in [3.63, 3.8) is 0 Å². The fourth-order valence-corrected chi connectivity index (χ4v) is 2.93. The van der Waals surface area contributed by atoms with Gasteiger partial charge in [-0.1, -0.05) is 35.3 Å². The molecule has 0 saturated carbocycles. The van der Waals surface area contributed by atoms with Crippen LogP contribution < -0.4 is 4.74 Å². The third-order valence-electron chi connectivity index (χ3n) is 3.67. The zero-order valence-corrected chi connectivity index (χ0v) is 15.6. The highest BCUT2D eigenvalue weighted by molar-refractivity contribution is 6.36. The highest BCUT2D eigenvalue weighted by atomic mass is 35.5. The summed E-state index contributed by atoms with van der Waals surface area (Å²) in [4.78, 5) is 8.78. The predicted octanol–water partition coefficient (Wildman–Crippen LogP) is 4.70. The van der Waals surface area contributed by atoms with Crippen molar-refractivity contribution in [3.05, 3.63) is 34.1 Å². The molecule has 0 spiro atoms. The number of benzene rings is 1. The Morgan fingerprint density at radius 2 is 2.04 bits per heavy atom. The van der Waals surface area contributed by atoms with Crippen molar-refractivity contribution in [1.82, 2.24) is 15.1 Å². The van der Waals surface area contributed by atoms with E-state index in [1.807, 2.05) is 6.92 Å². The van der Waals surface area contributed by atoms with Gasteiger partial charge in [-0.3, -0.25) is 0 Å². The molecule has 3 rings (SSSR count). The van der Waals surface area contributed by atoms with E-state index in [9.17, 15) is 0 Å². The second kappa shape index (κ2) is 7.56.